The van der Waals surface area contributed by atoms with Crippen LogP contribution in [0.4, 0.5) is 10.7 Å². The summed E-state index contributed by atoms with van der Waals surface area (Å²) in [5.41, 5.74) is 1.70. The Hall–Kier alpha value is -2.55. The van der Waals surface area contributed by atoms with Crippen molar-refractivity contribution in [2.24, 2.45) is 0 Å². The van der Waals surface area contributed by atoms with Gasteiger partial charge in [0.2, 0.25) is 11.9 Å². The van der Waals surface area contributed by atoms with E-state index in [2.05, 4.69) is 37.9 Å². The number of rotatable bonds is 5. The largest absolute Gasteiger partial charge is 0.341 e. The molecule has 1 atom stereocenters. The van der Waals surface area contributed by atoms with Crippen molar-refractivity contribution >= 4 is 29.6 Å². The number of anilines is 1. The number of benzene rings is 1. The SMILES string of the molecule is Cc1ccc(-n2c(S[C@H](C)C(=O)NC(=O)NC(C)(C)C)nnc2N2CCCCC2)cc1. The second kappa shape index (κ2) is 9.72. The zero-order valence-electron chi connectivity index (χ0n) is 18.9. The predicted molar refractivity (Wildman–Crippen MR) is 124 cm³/mol. The molecule has 0 radical (unpaired) electrons. The summed E-state index contributed by atoms with van der Waals surface area (Å²) in [7, 11) is 0. The molecule has 2 aromatic rings. The van der Waals surface area contributed by atoms with Gasteiger partial charge in [0.15, 0.2) is 5.16 Å². The van der Waals surface area contributed by atoms with E-state index < -0.39 is 16.8 Å². The highest BCUT2D eigenvalue weighted by Gasteiger charge is 2.26. The van der Waals surface area contributed by atoms with Crippen molar-refractivity contribution in [3.05, 3.63) is 29.8 Å². The van der Waals surface area contributed by atoms with Crippen molar-refractivity contribution in [1.82, 2.24) is 25.4 Å². The van der Waals surface area contributed by atoms with Crippen LogP contribution in [0.25, 0.3) is 5.69 Å². The summed E-state index contributed by atoms with van der Waals surface area (Å²) < 4.78 is 2.01. The van der Waals surface area contributed by atoms with Crippen LogP contribution in [0.1, 0.15) is 52.5 Å². The molecule has 1 fully saturated rings. The monoisotopic (exact) mass is 444 g/mol. The maximum absolute atomic E-state index is 12.6. The van der Waals surface area contributed by atoms with E-state index in [-0.39, 0.29) is 5.91 Å². The average molecular weight is 445 g/mol. The summed E-state index contributed by atoms with van der Waals surface area (Å²) in [5, 5.41) is 14.1. The van der Waals surface area contributed by atoms with Crippen LogP contribution < -0.4 is 15.5 Å². The molecule has 9 heteroatoms. The van der Waals surface area contributed by atoms with Gasteiger partial charge in [-0.05, 0) is 66.0 Å². The summed E-state index contributed by atoms with van der Waals surface area (Å²) in [6.07, 6.45) is 3.49. The standard InChI is InChI=1S/C22H32N6O2S/c1-15-9-11-17(12-10-15)28-20(27-13-7-6-8-14-27)25-26-21(28)31-16(2)18(29)23-19(30)24-22(3,4)5/h9-12,16H,6-8,13-14H2,1-5H3,(H2,23,24,29,30)/t16-/m1/s1. The van der Waals surface area contributed by atoms with Crippen LogP contribution in [-0.2, 0) is 4.79 Å². The molecule has 0 bridgehead atoms. The Morgan fingerprint density at radius 1 is 1.06 bits per heavy atom. The van der Waals surface area contributed by atoms with Gasteiger partial charge < -0.3 is 10.2 Å². The van der Waals surface area contributed by atoms with Crippen molar-refractivity contribution < 1.29 is 9.59 Å². The van der Waals surface area contributed by atoms with Crippen molar-refractivity contribution in [2.45, 2.75) is 69.8 Å². The number of carbonyl (C=O) groups is 2. The number of urea groups is 1. The zero-order valence-corrected chi connectivity index (χ0v) is 19.8. The average Bonchev–Trinajstić information content (AvgIpc) is 3.11. The first kappa shape index (κ1) is 23.1. The minimum Gasteiger partial charge on any atom is -0.341 e. The van der Waals surface area contributed by atoms with Crippen LogP contribution in [-0.4, -0.2) is 50.6 Å². The van der Waals surface area contributed by atoms with E-state index in [1.807, 2.05) is 44.4 Å². The lowest BCUT2D eigenvalue weighted by Crippen LogP contribution is -2.49. The van der Waals surface area contributed by atoms with E-state index in [0.717, 1.165) is 37.6 Å². The predicted octanol–water partition coefficient (Wildman–Crippen LogP) is 3.67. The highest BCUT2D eigenvalue weighted by Crippen LogP contribution is 2.30. The number of carbonyl (C=O) groups excluding carboxylic acids is 2. The number of amides is 3. The van der Waals surface area contributed by atoms with Crippen molar-refractivity contribution in [2.75, 3.05) is 18.0 Å². The molecule has 2 N–H and O–H groups in total. The van der Waals surface area contributed by atoms with Gasteiger partial charge in [-0.3, -0.25) is 14.7 Å². The third kappa shape index (κ3) is 6.22. The number of nitrogens with one attached hydrogen (secondary N) is 2. The second-order valence-electron chi connectivity index (χ2n) is 8.95. The molecule has 168 valence electrons. The Labute approximate surface area is 188 Å². The number of imide groups is 1. The molecule has 1 saturated heterocycles. The molecule has 3 rings (SSSR count). The van der Waals surface area contributed by atoms with Crippen molar-refractivity contribution in [3.8, 4) is 5.69 Å². The van der Waals surface area contributed by atoms with Crippen LogP contribution in [0.2, 0.25) is 0 Å². The van der Waals surface area contributed by atoms with Crippen molar-refractivity contribution in [3.63, 3.8) is 0 Å². The van der Waals surface area contributed by atoms with Gasteiger partial charge in [0.25, 0.3) is 0 Å². The van der Waals surface area contributed by atoms with Gasteiger partial charge in [0.1, 0.15) is 0 Å². The van der Waals surface area contributed by atoms with E-state index in [1.165, 1.54) is 23.7 Å². The van der Waals surface area contributed by atoms with E-state index in [9.17, 15) is 9.59 Å². The Morgan fingerprint density at radius 3 is 2.32 bits per heavy atom. The molecule has 2 heterocycles. The van der Waals surface area contributed by atoms with Crippen molar-refractivity contribution in [1.29, 1.82) is 0 Å². The second-order valence-corrected chi connectivity index (χ2v) is 10.3. The first-order chi connectivity index (χ1) is 14.6. The normalized spacial score (nSPS) is 15.5. The van der Waals surface area contributed by atoms with Crippen LogP contribution in [0.5, 0.6) is 0 Å². The third-order valence-corrected chi connectivity index (χ3v) is 5.97. The van der Waals surface area contributed by atoms with Gasteiger partial charge >= 0.3 is 6.03 Å². The summed E-state index contributed by atoms with van der Waals surface area (Å²) in [6.45, 7) is 11.3. The molecule has 8 nitrogen and oxygen atoms in total. The molecule has 3 amide bonds. The zero-order chi connectivity index (χ0) is 22.6. The number of aryl methyl sites for hydroxylation is 1. The lowest BCUT2D eigenvalue weighted by Gasteiger charge is -2.28. The van der Waals surface area contributed by atoms with Crippen LogP contribution in [0, 0.1) is 6.92 Å². The van der Waals surface area contributed by atoms with Crippen LogP contribution >= 0.6 is 11.8 Å². The fourth-order valence-corrected chi connectivity index (χ4v) is 4.22. The minimum absolute atomic E-state index is 0.371. The van der Waals surface area contributed by atoms with Gasteiger partial charge in [-0.1, -0.05) is 29.5 Å². The molecule has 0 unspecified atom stereocenters. The van der Waals surface area contributed by atoms with E-state index in [1.54, 1.807) is 6.92 Å². The number of hydrogen-bond donors (Lipinski definition) is 2. The number of aromatic nitrogens is 3. The summed E-state index contributed by atoms with van der Waals surface area (Å²) in [4.78, 5) is 26.9. The maximum atomic E-state index is 12.6. The topological polar surface area (TPSA) is 92.2 Å². The van der Waals surface area contributed by atoms with Crippen LogP contribution in [0.15, 0.2) is 29.4 Å². The summed E-state index contributed by atoms with van der Waals surface area (Å²) in [6, 6.07) is 7.68. The highest BCUT2D eigenvalue weighted by molar-refractivity contribution is 8.00. The lowest BCUT2D eigenvalue weighted by molar-refractivity contribution is -0.119. The molecule has 1 aliphatic rings. The molecule has 1 aromatic carbocycles. The van der Waals surface area contributed by atoms with Crippen LogP contribution in [0.3, 0.4) is 0 Å². The molecular weight excluding hydrogens is 412 g/mol. The highest BCUT2D eigenvalue weighted by atomic mass is 32.2. The number of thioether (sulfide) groups is 1. The Kier molecular flexibility index (Phi) is 7.25. The first-order valence-electron chi connectivity index (χ1n) is 10.7. The molecule has 1 aromatic heterocycles. The number of piperidine rings is 1. The third-order valence-electron chi connectivity index (χ3n) is 4.92. The Balaban J connectivity index is 1.81. The van der Waals surface area contributed by atoms with E-state index in [4.69, 9.17) is 0 Å². The first-order valence-corrected chi connectivity index (χ1v) is 11.6. The van der Waals surface area contributed by atoms with Gasteiger partial charge in [-0.25, -0.2) is 4.79 Å². The number of hydrogen-bond acceptors (Lipinski definition) is 6. The molecule has 0 saturated carbocycles. The molecule has 0 aliphatic carbocycles. The number of nitrogens with zero attached hydrogens (tertiary/aromatic N) is 4. The minimum atomic E-state index is -0.520. The smallest absolute Gasteiger partial charge is 0.321 e. The van der Waals surface area contributed by atoms with Gasteiger partial charge in [-0.15, -0.1) is 10.2 Å². The fourth-order valence-electron chi connectivity index (χ4n) is 3.35. The van der Waals surface area contributed by atoms with E-state index >= 15 is 0 Å². The maximum Gasteiger partial charge on any atom is 0.321 e. The summed E-state index contributed by atoms with van der Waals surface area (Å²) >= 11 is 1.29. The fraction of sp³-hybridized carbons (Fsp3) is 0.545. The quantitative estimate of drug-likeness (QED) is 0.684. The molecule has 1 aliphatic heterocycles. The molecule has 31 heavy (non-hydrogen) atoms. The summed E-state index contributed by atoms with van der Waals surface area (Å²) in [5.74, 6) is 0.425. The molecular formula is C22H32N6O2S. The Morgan fingerprint density at radius 2 is 1.71 bits per heavy atom. The van der Waals surface area contributed by atoms with Gasteiger partial charge in [0, 0.05) is 18.6 Å². The Bertz CT molecular complexity index is 913. The van der Waals surface area contributed by atoms with Gasteiger partial charge in [-0.2, -0.15) is 0 Å². The lowest BCUT2D eigenvalue weighted by atomic mass is 10.1. The van der Waals surface area contributed by atoms with E-state index in [0.29, 0.717) is 5.16 Å². The molecule has 0 spiro atoms. The van der Waals surface area contributed by atoms with Gasteiger partial charge in [0.05, 0.1) is 10.9 Å².